The van der Waals surface area contributed by atoms with Gasteiger partial charge in [-0.05, 0) is 24.8 Å². The fraction of sp³-hybridized carbons (Fsp3) is 0.526. The Morgan fingerprint density at radius 2 is 2.04 bits per heavy atom. The van der Waals surface area contributed by atoms with Crippen molar-refractivity contribution in [3.05, 3.63) is 35.9 Å². The van der Waals surface area contributed by atoms with Gasteiger partial charge in [0.25, 0.3) is 0 Å². The van der Waals surface area contributed by atoms with Crippen LogP contribution in [-0.4, -0.2) is 55.5 Å². The molecule has 124 valence electrons. The highest BCUT2D eigenvalue weighted by atomic mass is 16.5. The zero-order chi connectivity index (χ0) is 16.1. The summed E-state index contributed by atoms with van der Waals surface area (Å²) >= 11 is 0. The normalized spacial score (nSPS) is 20.0. The second-order valence-corrected chi connectivity index (χ2v) is 6.48. The predicted molar refractivity (Wildman–Crippen MR) is 92.4 cm³/mol. The average molecular weight is 314 g/mol. The number of carbonyl (C=O) groups excluding carboxylic acids is 1. The molecule has 0 radical (unpaired) electrons. The molecule has 1 heterocycles. The van der Waals surface area contributed by atoms with Crippen molar-refractivity contribution in [1.82, 2.24) is 9.80 Å². The largest absolute Gasteiger partial charge is 0.496 e. The van der Waals surface area contributed by atoms with Crippen molar-refractivity contribution in [2.75, 3.05) is 39.8 Å². The monoisotopic (exact) mass is 314 g/mol. The molecule has 1 aromatic rings. The maximum absolute atomic E-state index is 12.2. The van der Waals surface area contributed by atoms with Gasteiger partial charge in [-0.25, -0.2) is 0 Å². The van der Waals surface area contributed by atoms with Crippen LogP contribution >= 0.6 is 0 Å². The van der Waals surface area contributed by atoms with Crippen molar-refractivity contribution in [2.45, 2.75) is 19.3 Å². The van der Waals surface area contributed by atoms with Crippen LogP contribution in [-0.2, 0) is 4.79 Å². The van der Waals surface area contributed by atoms with Gasteiger partial charge in [0.05, 0.1) is 7.11 Å². The average Bonchev–Trinajstić information content (AvgIpc) is 3.40. The van der Waals surface area contributed by atoms with E-state index in [1.807, 2.05) is 18.2 Å². The van der Waals surface area contributed by atoms with Crippen molar-refractivity contribution in [1.29, 1.82) is 0 Å². The van der Waals surface area contributed by atoms with Crippen LogP contribution in [0.4, 0.5) is 0 Å². The van der Waals surface area contributed by atoms with E-state index in [4.69, 9.17) is 4.74 Å². The molecule has 1 saturated carbocycles. The van der Waals surface area contributed by atoms with Gasteiger partial charge >= 0.3 is 0 Å². The first kappa shape index (κ1) is 16.1. The fourth-order valence-corrected chi connectivity index (χ4v) is 3.03. The van der Waals surface area contributed by atoms with Crippen LogP contribution in [0.25, 0.3) is 6.08 Å². The molecule has 3 rings (SSSR count). The van der Waals surface area contributed by atoms with Crippen molar-refractivity contribution < 1.29 is 9.53 Å². The SMILES string of the molecule is COc1ccccc1C=CCN1CCC(=O)N(CC2CC2)CC1. The van der Waals surface area contributed by atoms with E-state index in [2.05, 4.69) is 28.0 Å². The molecule has 4 heteroatoms. The summed E-state index contributed by atoms with van der Waals surface area (Å²) in [5, 5.41) is 0. The molecule has 4 nitrogen and oxygen atoms in total. The van der Waals surface area contributed by atoms with Crippen LogP contribution in [0.1, 0.15) is 24.8 Å². The highest BCUT2D eigenvalue weighted by Crippen LogP contribution is 2.30. The molecule has 0 unspecified atom stereocenters. The second-order valence-electron chi connectivity index (χ2n) is 6.48. The first-order valence-electron chi connectivity index (χ1n) is 8.56. The predicted octanol–water partition coefficient (Wildman–Crippen LogP) is 2.65. The van der Waals surface area contributed by atoms with E-state index >= 15 is 0 Å². The quantitative estimate of drug-likeness (QED) is 0.809. The molecule has 2 aliphatic rings. The molecular weight excluding hydrogens is 288 g/mol. The lowest BCUT2D eigenvalue weighted by atomic mass is 10.2. The third-order valence-corrected chi connectivity index (χ3v) is 4.66. The van der Waals surface area contributed by atoms with Gasteiger partial charge in [0.15, 0.2) is 0 Å². The number of para-hydroxylation sites is 1. The Hall–Kier alpha value is -1.81. The number of hydrogen-bond donors (Lipinski definition) is 0. The summed E-state index contributed by atoms with van der Waals surface area (Å²) in [4.78, 5) is 16.6. The summed E-state index contributed by atoms with van der Waals surface area (Å²) < 4.78 is 5.36. The lowest BCUT2D eigenvalue weighted by molar-refractivity contribution is -0.130. The van der Waals surface area contributed by atoms with E-state index in [1.165, 1.54) is 12.8 Å². The summed E-state index contributed by atoms with van der Waals surface area (Å²) in [5.41, 5.74) is 1.09. The molecule has 1 aromatic carbocycles. The molecule has 2 fully saturated rings. The molecule has 1 saturated heterocycles. The Balaban J connectivity index is 1.52. The zero-order valence-electron chi connectivity index (χ0n) is 13.9. The van der Waals surface area contributed by atoms with Crippen LogP contribution in [0.15, 0.2) is 30.3 Å². The minimum Gasteiger partial charge on any atom is -0.496 e. The number of nitrogens with zero attached hydrogens (tertiary/aromatic N) is 2. The first-order chi connectivity index (χ1) is 11.3. The third kappa shape index (κ3) is 4.58. The molecule has 0 atom stereocenters. The third-order valence-electron chi connectivity index (χ3n) is 4.66. The minimum absolute atomic E-state index is 0.327. The molecular formula is C19H26N2O2. The summed E-state index contributed by atoms with van der Waals surface area (Å²) in [6, 6.07) is 8.02. The molecule has 1 amide bonds. The number of rotatable bonds is 6. The lowest BCUT2D eigenvalue weighted by Gasteiger charge is -2.21. The molecule has 0 N–H and O–H groups in total. The fourth-order valence-electron chi connectivity index (χ4n) is 3.03. The number of benzene rings is 1. The first-order valence-corrected chi connectivity index (χ1v) is 8.56. The minimum atomic E-state index is 0.327. The summed E-state index contributed by atoms with van der Waals surface area (Å²) in [6.45, 7) is 4.55. The number of methoxy groups -OCH3 is 1. The van der Waals surface area contributed by atoms with Gasteiger partial charge in [0.2, 0.25) is 5.91 Å². The van der Waals surface area contributed by atoms with Gasteiger partial charge in [0.1, 0.15) is 5.75 Å². The Bertz CT molecular complexity index is 566. The highest BCUT2D eigenvalue weighted by molar-refractivity contribution is 5.76. The molecule has 0 spiro atoms. The number of hydrogen-bond acceptors (Lipinski definition) is 3. The van der Waals surface area contributed by atoms with Crippen molar-refractivity contribution in [2.24, 2.45) is 5.92 Å². The van der Waals surface area contributed by atoms with Gasteiger partial charge in [-0.15, -0.1) is 0 Å². The van der Waals surface area contributed by atoms with E-state index < -0.39 is 0 Å². The maximum atomic E-state index is 12.2. The molecule has 0 aromatic heterocycles. The maximum Gasteiger partial charge on any atom is 0.223 e. The van der Waals surface area contributed by atoms with Gasteiger partial charge < -0.3 is 9.64 Å². The van der Waals surface area contributed by atoms with E-state index in [-0.39, 0.29) is 0 Å². The Morgan fingerprint density at radius 3 is 2.83 bits per heavy atom. The van der Waals surface area contributed by atoms with Crippen LogP contribution in [0.3, 0.4) is 0 Å². The Kier molecular flexibility index (Phi) is 5.34. The molecule has 1 aliphatic heterocycles. The van der Waals surface area contributed by atoms with Crippen molar-refractivity contribution >= 4 is 12.0 Å². The Morgan fingerprint density at radius 1 is 1.22 bits per heavy atom. The number of carbonyl (C=O) groups is 1. The van der Waals surface area contributed by atoms with E-state index in [0.717, 1.165) is 50.0 Å². The second kappa shape index (κ2) is 7.64. The van der Waals surface area contributed by atoms with Crippen molar-refractivity contribution in [3.8, 4) is 5.75 Å². The summed E-state index contributed by atoms with van der Waals surface area (Å²) in [7, 11) is 1.70. The standard InChI is InChI=1S/C19H26N2O2/c1-23-18-7-3-2-5-17(18)6-4-11-20-12-10-19(22)21(14-13-20)15-16-8-9-16/h2-7,16H,8-15H2,1H3. The van der Waals surface area contributed by atoms with Crippen LogP contribution in [0, 0.1) is 5.92 Å². The van der Waals surface area contributed by atoms with Crippen LogP contribution in [0.2, 0.25) is 0 Å². The van der Waals surface area contributed by atoms with Gasteiger partial charge in [0, 0.05) is 44.7 Å². The molecule has 0 bridgehead atoms. The number of ether oxygens (including phenoxy) is 1. The van der Waals surface area contributed by atoms with Gasteiger partial charge in [-0.2, -0.15) is 0 Å². The lowest BCUT2D eigenvalue weighted by Crippen LogP contribution is -2.34. The summed E-state index contributed by atoms with van der Waals surface area (Å²) in [6.07, 6.45) is 7.52. The number of amides is 1. The molecule has 23 heavy (non-hydrogen) atoms. The Labute approximate surface area is 138 Å². The van der Waals surface area contributed by atoms with Crippen LogP contribution < -0.4 is 4.74 Å². The van der Waals surface area contributed by atoms with Gasteiger partial charge in [-0.3, -0.25) is 9.69 Å². The van der Waals surface area contributed by atoms with E-state index in [1.54, 1.807) is 7.11 Å². The molecule has 1 aliphatic carbocycles. The van der Waals surface area contributed by atoms with Crippen LogP contribution in [0.5, 0.6) is 5.75 Å². The highest BCUT2D eigenvalue weighted by Gasteiger charge is 2.28. The topological polar surface area (TPSA) is 32.8 Å². The van der Waals surface area contributed by atoms with Crippen molar-refractivity contribution in [3.63, 3.8) is 0 Å². The smallest absolute Gasteiger partial charge is 0.223 e. The van der Waals surface area contributed by atoms with E-state index in [0.29, 0.717) is 12.3 Å². The summed E-state index contributed by atoms with van der Waals surface area (Å²) in [5.74, 6) is 1.99. The van der Waals surface area contributed by atoms with Gasteiger partial charge in [-0.1, -0.05) is 30.4 Å². The zero-order valence-corrected chi connectivity index (χ0v) is 13.9. The van der Waals surface area contributed by atoms with E-state index in [9.17, 15) is 4.79 Å².